The topological polar surface area (TPSA) is 83.5 Å². The second-order valence-corrected chi connectivity index (χ2v) is 10.2. The molecule has 1 spiro atoms. The van der Waals surface area contributed by atoms with E-state index >= 15 is 0 Å². The van der Waals surface area contributed by atoms with E-state index in [1.807, 2.05) is 24.5 Å². The van der Waals surface area contributed by atoms with E-state index in [9.17, 15) is 4.39 Å². The van der Waals surface area contributed by atoms with Crippen LogP contribution in [0.15, 0.2) is 47.7 Å². The number of halogens is 1. The van der Waals surface area contributed by atoms with E-state index in [1.165, 1.54) is 0 Å². The lowest BCUT2D eigenvalue weighted by atomic mass is 9.73. The van der Waals surface area contributed by atoms with Gasteiger partial charge in [0.25, 0.3) is 0 Å². The predicted octanol–water partition coefficient (Wildman–Crippen LogP) is 4.20. The van der Waals surface area contributed by atoms with Gasteiger partial charge in [0.1, 0.15) is 17.3 Å². The number of piperidine rings is 1. The zero-order chi connectivity index (χ0) is 23.6. The predicted molar refractivity (Wildman–Crippen MR) is 140 cm³/mol. The van der Waals surface area contributed by atoms with Crippen molar-refractivity contribution in [2.45, 2.75) is 52.1 Å². The summed E-state index contributed by atoms with van der Waals surface area (Å²) in [6, 6.07) is 9.30. The second kappa shape index (κ2) is 8.62. The Balaban J connectivity index is 0.00000240. The van der Waals surface area contributed by atoms with Crippen LogP contribution >= 0.6 is 0 Å². The minimum absolute atomic E-state index is 0. The molecule has 0 bridgehead atoms. The van der Waals surface area contributed by atoms with E-state index in [1.54, 1.807) is 12.1 Å². The first kappa shape index (κ1) is 23.0. The summed E-state index contributed by atoms with van der Waals surface area (Å²) in [4.78, 5) is 23.7. The minimum atomic E-state index is -0.121. The van der Waals surface area contributed by atoms with Crippen LogP contribution in [0.5, 0.6) is 0 Å². The molecule has 7 rings (SSSR count). The Hall–Kier alpha value is -3.39. The van der Waals surface area contributed by atoms with Crippen molar-refractivity contribution in [3.63, 3.8) is 0 Å². The molecule has 2 aromatic heterocycles. The maximum atomic E-state index is 14.4. The summed E-state index contributed by atoms with van der Waals surface area (Å²) in [6.07, 6.45) is 8.35. The van der Waals surface area contributed by atoms with E-state index in [-0.39, 0.29) is 24.7 Å². The lowest BCUT2D eigenvalue weighted by molar-refractivity contribution is 0.186. The van der Waals surface area contributed by atoms with Crippen molar-refractivity contribution in [3.05, 3.63) is 76.8 Å². The third-order valence-electron chi connectivity index (χ3n) is 8.39. The second-order valence-electron chi connectivity index (χ2n) is 10.2. The van der Waals surface area contributed by atoms with Crippen molar-refractivity contribution in [2.75, 3.05) is 29.4 Å². The Morgan fingerprint density at radius 3 is 2.72 bits per heavy atom. The van der Waals surface area contributed by atoms with Crippen LogP contribution in [0.2, 0.25) is 0 Å². The van der Waals surface area contributed by atoms with Gasteiger partial charge in [-0.2, -0.15) is 0 Å². The fraction of sp³-hybridized carbons (Fsp3) is 0.429. The molecule has 7 nitrogen and oxygen atoms in total. The highest BCUT2D eigenvalue weighted by atomic mass is 19.1. The summed E-state index contributed by atoms with van der Waals surface area (Å²) in [7, 11) is 0. The Labute approximate surface area is 211 Å². The molecule has 4 aliphatic rings. The molecular formula is C28H32FN7. The van der Waals surface area contributed by atoms with Gasteiger partial charge in [-0.3, -0.25) is 9.98 Å². The lowest BCUT2D eigenvalue weighted by Crippen LogP contribution is -2.44. The molecular weight excluding hydrogens is 453 g/mol. The van der Waals surface area contributed by atoms with Crippen LogP contribution in [0.3, 0.4) is 0 Å². The number of hydrogen-bond acceptors (Lipinski definition) is 7. The normalized spacial score (nSPS) is 21.5. The summed E-state index contributed by atoms with van der Waals surface area (Å²) < 4.78 is 14.4. The fourth-order valence-corrected chi connectivity index (χ4v) is 6.43. The summed E-state index contributed by atoms with van der Waals surface area (Å²) in [6.45, 7) is 3.15. The molecule has 0 radical (unpaired) electrons. The summed E-state index contributed by atoms with van der Waals surface area (Å²) in [5.41, 5.74) is 12.4. The first-order valence-electron chi connectivity index (χ1n) is 12.5. The zero-order valence-corrected chi connectivity index (χ0v) is 19.6. The largest absolute Gasteiger partial charge is 0.355 e. The molecule has 5 heterocycles. The average molecular weight is 486 g/mol. The number of aliphatic imine (C=N–C) groups is 1. The Kier molecular flexibility index (Phi) is 5.52. The van der Waals surface area contributed by atoms with Crippen LogP contribution < -0.4 is 15.5 Å². The SMILES string of the molecule is C.N[C@@H]1c2cccc(F)c2CC12CCN(c1cnc3c(n1)CN=C3N1CCCc3ncccc31)CC2. The monoisotopic (exact) mass is 485 g/mol. The van der Waals surface area contributed by atoms with Crippen LogP contribution in [0.25, 0.3) is 0 Å². The van der Waals surface area contributed by atoms with Crippen LogP contribution in [0, 0.1) is 11.2 Å². The summed E-state index contributed by atoms with van der Waals surface area (Å²) in [5.74, 6) is 1.68. The van der Waals surface area contributed by atoms with Crippen molar-refractivity contribution in [3.8, 4) is 0 Å². The van der Waals surface area contributed by atoms with E-state index in [0.29, 0.717) is 6.54 Å². The third-order valence-corrected chi connectivity index (χ3v) is 8.39. The molecule has 3 aromatic rings. The highest BCUT2D eigenvalue weighted by Crippen LogP contribution is 2.51. The number of hydrogen-bond donors (Lipinski definition) is 1. The molecule has 0 amide bonds. The van der Waals surface area contributed by atoms with Gasteiger partial charge >= 0.3 is 0 Å². The molecule has 1 aliphatic carbocycles. The molecule has 0 unspecified atom stereocenters. The number of aromatic nitrogens is 3. The standard InChI is InChI=1S/C27H28FN7.CH4/c28-19-5-1-4-17-18(19)14-27(25(17)29)8-12-34(13-9-27)23-16-31-24-21(33-23)15-32-26(24)35-11-3-6-20-22(35)7-2-10-30-20;/h1-2,4-5,7,10,16,25H,3,6,8-9,11-15,29H2;1H4/t25-;/m1./s1. The third kappa shape index (κ3) is 3.42. The molecule has 1 atom stereocenters. The van der Waals surface area contributed by atoms with Gasteiger partial charge < -0.3 is 15.5 Å². The smallest absolute Gasteiger partial charge is 0.156 e. The number of rotatable bonds is 1. The average Bonchev–Trinajstić information content (AvgIpc) is 3.44. The highest BCUT2D eigenvalue weighted by molar-refractivity contribution is 6.11. The van der Waals surface area contributed by atoms with Gasteiger partial charge in [0.2, 0.25) is 0 Å². The number of pyridine rings is 1. The quantitative estimate of drug-likeness (QED) is 0.556. The van der Waals surface area contributed by atoms with Gasteiger partial charge in [0.05, 0.1) is 29.8 Å². The molecule has 8 heteroatoms. The Morgan fingerprint density at radius 1 is 1.03 bits per heavy atom. The van der Waals surface area contributed by atoms with Crippen molar-refractivity contribution in [1.82, 2.24) is 15.0 Å². The van der Waals surface area contributed by atoms with E-state index in [4.69, 9.17) is 20.7 Å². The van der Waals surface area contributed by atoms with E-state index in [0.717, 1.165) is 97.3 Å². The molecule has 2 N–H and O–H groups in total. The molecule has 36 heavy (non-hydrogen) atoms. The first-order chi connectivity index (χ1) is 17.1. The number of aryl methyl sites for hydroxylation is 1. The first-order valence-corrected chi connectivity index (χ1v) is 12.5. The van der Waals surface area contributed by atoms with Crippen molar-refractivity contribution >= 4 is 17.3 Å². The van der Waals surface area contributed by atoms with Gasteiger partial charge in [-0.15, -0.1) is 0 Å². The van der Waals surface area contributed by atoms with Crippen molar-refractivity contribution in [1.29, 1.82) is 0 Å². The van der Waals surface area contributed by atoms with Crippen LogP contribution in [-0.2, 0) is 19.4 Å². The number of fused-ring (bicyclic) bond motifs is 3. The number of amidine groups is 1. The Morgan fingerprint density at radius 2 is 1.89 bits per heavy atom. The van der Waals surface area contributed by atoms with E-state index < -0.39 is 0 Å². The van der Waals surface area contributed by atoms with Crippen molar-refractivity contribution < 1.29 is 4.39 Å². The lowest BCUT2D eigenvalue weighted by Gasteiger charge is -2.42. The van der Waals surface area contributed by atoms with Crippen LogP contribution in [-0.4, -0.2) is 40.4 Å². The molecule has 1 aromatic carbocycles. The molecule has 186 valence electrons. The minimum Gasteiger partial charge on any atom is -0.355 e. The van der Waals surface area contributed by atoms with Gasteiger partial charge in [0.15, 0.2) is 5.84 Å². The summed E-state index contributed by atoms with van der Waals surface area (Å²) in [5, 5.41) is 0. The number of nitrogens with zero attached hydrogens (tertiary/aromatic N) is 6. The van der Waals surface area contributed by atoms with Gasteiger partial charge in [-0.25, -0.2) is 14.4 Å². The van der Waals surface area contributed by atoms with Gasteiger partial charge in [-0.1, -0.05) is 19.6 Å². The summed E-state index contributed by atoms with van der Waals surface area (Å²) >= 11 is 0. The number of nitrogens with two attached hydrogens (primary N) is 1. The Bertz CT molecular complexity index is 1350. The molecule has 1 fully saturated rings. The number of benzene rings is 1. The van der Waals surface area contributed by atoms with Crippen molar-refractivity contribution in [2.24, 2.45) is 16.1 Å². The maximum Gasteiger partial charge on any atom is 0.156 e. The van der Waals surface area contributed by atoms with Gasteiger partial charge in [0, 0.05) is 31.9 Å². The number of anilines is 2. The molecule has 3 aliphatic heterocycles. The van der Waals surface area contributed by atoms with Gasteiger partial charge in [-0.05, 0) is 66.8 Å². The maximum absolute atomic E-state index is 14.4. The highest BCUT2D eigenvalue weighted by Gasteiger charge is 2.47. The van der Waals surface area contributed by atoms with Crippen LogP contribution in [0.4, 0.5) is 15.9 Å². The van der Waals surface area contributed by atoms with E-state index in [2.05, 4.69) is 20.9 Å². The molecule has 0 saturated carbocycles. The zero-order valence-electron chi connectivity index (χ0n) is 19.6. The molecule has 1 saturated heterocycles. The fourth-order valence-electron chi connectivity index (χ4n) is 6.43. The van der Waals surface area contributed by atoms with Crippen LogP contribution in [0.1, 0.15) is 60.9 Å².